The number of ether oxygens (including phenoxy) is 2. The van der Waals surface area contributed by atoms with Crippen LogP contribution in [0.4, 0.5) is 11.4 Å². The molecule has 2 aliphatic rings. The van der Waals surface area contributed by atoms with E-state index in [1.165, 1.54) is 0 Å². The van der Waals surface area contributed by atoms with Crippen LogP contribution in [0.3, 0.4) is 0 Å². The SMILES string of the molecule is O=C(NCCOCCOCCN=C1CC2CCC2(Nc2ccc(C(=O)NCc3ccc(-c4ccccc4)cc3)cc2)N=C(Nc2ccc(O)cc2)N1)c1ccccc1. The van der Waals surface area contributed by atoms with Crippen LogP contribution < -0.4 is 26.6 Å². The lowest BCUT2D eigenvalue weighted by Gasteiger charge is -2.46. The van der Waals surface area contributed by atoms with Crippen LogP contribution in [0.1, 0.15) is 45.5 Å². The summed E-state index contributed by atoms with van der Waals surface area (Å²) in [5.41, 5.74) is 5.55. The van der Waals surface area contributed by atoms with Gasteiger partial charge >= 0.3 is 0 Å². The molecular weight excluding hydrogens is 731 g/mol. The second-order valence-electron chi connectivity index (χ2n) is 14.2. The molecule has 1 aliphatic carbocycles. The van der Waals surface area contributed by atoms with Gasteiger partial charge in [-0.25, -0.2) is 4.99 Å². The first-order valence-corrected chi connectivity index (χ1v) is 19.7. The lowest BCUT2D eigenvalue weighted by atomic mass is 9.71. The molecule has 2 unspecified atom stereocenters. The monoisotopic (exact) mass is 779 g/mol. The average molecular weight is 780 g/mol. The van der Waals surface area contributed by atoms with Gasteiger partial charge in [0, 0.05) is 47.9 Å². The predicted molar refractivity (Wildman–Crippen MR) is 228 cm³/mol. The Morgan fingerprint density at radius 2 is 1.36 bits per heavy atom. The molecule has 0 radical (unpaired) electrons. The van der Waals surface area contributed by atoms with Crippen molar-refractivity contribution in [3.63, 3.8) is 0 Å². The van der Waals surface area contributed by atoms with Gasteiger partial charge in [-0.3, -0.25) is 14.6 Å². The highest BCUT2D eigenvalue weighted by Crippen LogP contribution is 2.45. The van der Waals surface area contributed by atoms with E-state index in [-0.39, 0.29) is 23.5 Å². The zero-order valence-electron chi connectivity index (χ0n) is 32.3. The van der Waals surface area contributed by atoms with Crippen LogP contribution in [-0.4, -0.2) is 73.9 Å². The first kappa shape index (κ1) is 39.7. The second kappa shape index (κ2) is 19.6. The van der Waals surface area contributed by atoms with Gasteiger partial charge in [0.1, 0.15) is 17.2 Å². The fraction of sp³-hybridized carbons (Fsp3) is 0.261. The van der Waals surface area contributed by atoms with Crippen molar-refractivity contribution in [1.82, 2.24) is 16.0 Å². The number of carbonyl (C=O) groups excluding carboxylic acids is 2. The van der Waals surface area contributed by atoms with E-state index < -0.39 is 5.66 Å². The molecule has 0 saturated heterocycles. The number of fused-ring (bicyclic) bond motifs is 1. The highest BCUT2D eigenvalue weighted by molar-refractivity contribution is 6.07. The fourth-order valence-electron chi connectivity index (χ4n) is 6.91. The number of aromatic hydroxyl groups is 1. The number of rotatable bonds is 17. The minimum atomic E-state index is -0.590. The van der Waals surface area contributed by atoms with Crippen LogP contribution in [-0.2, 0) is 16.0 Å². The molecule has 7 rings (SSSR count). The number of guanidine groups is 1. The Kier molecular flexibility index (Phi) is 13.4. The van der Waals surface area contributed by atoms with Crippen LogP contribution in [0, 0.1) is 5.92 Å². The molecule has 6 N–H and O–H groups in total. The summed E-state index contributed by atoms with van der Waals surface area (Å²) in [5.74, 6) is 1.43. The third-order valence-electron chi connectivity index (χ3n) is 10.2. The van der Waals surface area contributed by atoms with E-state index in [1.54, 1.807) is 36.4 Å². The number of amides is 2. The van der Waals surface area contributed by atoms with Crippen molar-refractivity contribution in [3.05, 3.63) is 150 Å². The Balaban J connectivity index is 0.904. The number of hydrogen-bond acceptors (Lipinski definition) is 9. The van der Waals surface area contributed by atoms with Gasteiger partial charge in [-0.15, -0.1) is 0 Å². The largest absolute Gasteiger partial charge is 0.508 e. The molecule has 12 heteroatoms. The smallest absolute Gasteiger partial charge is 0.251 e. The lowest BCUT2D eigenvalue weighted by Crippen LogP contribution is -2.52. The summed E-state index contributed by atoms with van der Waals surface area (Å²) in [7, 11) is 0. The molecule has 298 valence electrons. The van der Waals surface area contributed by atoms with Crippen molar-refractivity contribution < 1.29 is 24.2 Å². The molecule has 1 heterocycles. The van der Waals surface area contributed by atoms with Crippen molar-refractivity contribution in [3.8, 4) is 16.9 Å². The van der Waals surface area contributed by atoms with Crippen molar-refractivity contribution >= 4 is 35.0 Å². The van der Waals surface area contributed by atoms with Crippen molar-refractivity contribution in [2.45, 2.75) is 31.5 Å². The van der Waals surface area contributed by atoms with Crippen molar-refractivity contribution in [2.24, 2.45) is 15.9 Å². The van der Waals surface area contributed by atoms with Gasteiger partial charge in [-0.1, -0.05) is 72.8 Å². The number of phenols is 1. The highest BCUT2D eigenvalue weighted by atomic mass is 16.5. The van der Waals surface area contributed by atoms with E-state index >= 15 is 0 Å². The Labute approximate surface area is 338 Å². The first-order chi connectivity index (χ1) is 28.4. The number of carbonyl (C=O) groups is 2. The fourth-order valence-corrected chi connectivity index (χ4v) is 6.91. The normalized spacial score (nSPS) is 17.8. The van der Waals surface area contributed by atoms with Gasteiger partial charge < -0.3 is 41.2 Å². The number of aliphatic imine (C=N–C) groups is 2. The first-order valence-electron chi connectivity index (χ1n) is 19.7. The maximum Gasteiger partial charge on any atom is 0.251 e. The van der Waals surface area contributed by atoms with E-state index in [2.05, 4.69) is 50.8 Å². The van der Waals surface area contributed by atoms with Gasteiger partial charge in [-0.05, 0) is 90.2 Å². The maximum atomic E-state index is 13.1. The Hall–Kier alpha value is -6.50. The summed E-state index contributed by atoms with van der Waals surface area (Å²) in [5, 5.41) is 26.2. The molecule has 0 spiro atoms. The predicted octanol–water partition coefficient (Wildman–Crippen LogP) is 6.83. The highest BCUT2D eigenvalue weighted by Gasteiger charge is 2.49. The van der Waals surface area contributed by atoms with Gasteiger partial charge in [-0.2, -0.15) is 0 Å². The molecule has 58 heavy (non-hydrogen) atoms. The number of anilines is 2. The summed E-state index contributed by atoms with van der Waals surface area (Å²) in [6.45, 7) is 2.95. The number of nitrogens with zero attached hydrogens (tertiary/aromatic N) is 2. The molecular formula is C46H49N7O5. The molecule has 1 aliphatic heterocycles. The quantitative estimate of drug-likeness (QED) is 0.0443. The summed E-state index contributed by atoms with van der Waals surface area (Å²) < 4.78 is 11.4. The summed E-state index contributed by atoms with van der Waals surface area (Å²) in [6.07, 6.45) is 2.47. The molecule has 12 nitrogen and oxygen atoms in total. The van der Waals surface area contributed by atoms with Gasteiger partial charge in [0.15, 0.2) is 0 Å². The van der Waals surface area contributed by atoms with Crippen molar-refractivity contribution in [2.75, 3.05) is 50.2 Å². The van der Waals surface area contributed by atoms with Crippen LogP contribution in [0.15, 0.2) is 143 Å². The lowest BCUT2D eigenvalue weighted by molar-refractivity contribution is 0.0512. The average Bonchev–Trinajstić information content (AvgIpc) is 3.35. The second-order valence-corrected chi connectivity index (χ2v) is 14.2. The topological polar surface area (TPSA) is 158 Å². The van der Waals surface area contributed by atoms with Gasteiger partial charge in [0.25, 0.3) is 11.8 Å². The molecule has 0 aromatic heterocycles. The number of phenolic OH excluding ortho intramolecular Hbond substituents is 1. The zero-order valence-corrected chi connectivity index (χ0v) is 32.3. The van der Waals surface area contributed by atoms with E-state index in [0.717, 1.165) is 46.7 Å². The molecule has 5 aromatic rings. The van der Waals surface area contributed by atoms with Crippen LogP contribution in [0.2, 0.25) is 0 Å². The molecule has 1 fully saturated rings. The van der Waals surface area contributed by atoms with Crippen LogP contribution >= 0.6 is 0 Å². The van der Waals surface area contributed by atoms with E-state index in [4.69, 9.17) is 19.5 Å². The number of benzene rings is 5. The standard InChI is InChI=1S/C46H49N7O5/c54-41-21-19-39(20-22-41)50-45-51-42(47-25-27-57-29-30-58-28-26-48-43(55)36-9-5-2-6-10-36)31-38-23-24-46(38,53-45)52-40-17-15-37(16-18-40)44(56)49-32-33-11-13-35(14-12-33)34-7-3-1-4-8-34/h1-22,38,52,54H,23-32H2,(H,48,55)(H,49,56)(H2,47,50,51,53). The van der Waals surface area contributed by atoms with Crippen LogP contribution in [0.5, 0.6) is 5.75 Å². The number of nitrogens with one attached hydrogen (secondary N) is 5. The summed E-state index contributed by atoms with van der Waals surface area (Å²) in [6, 6.07) is 41.8. The van der Waals surface area contributed by atoms with E-state index in [0.29, 0.717) is 69.6 Å². The molecule has 1 saturated carbocycles. The molecule has 2 amide bonds. The third-order valence-corrected chi connectivity index (χ3v) is 10.2. The number of hydrogen-bond donors (Lipinski definition) is 6. The molecule has 5 aromatic carbocycles. The summed E-state index contributed by atoms with van der Waals surface area (Å²) in [4.78, 5) is 35.3. The minimum absolute atomic E-state index is 0.124. The maximum absolute atomic E-state index is 13.1. The molecule has 2 atom stereocenters. The Bertz CT molecular complexity index is 2160. The Morgan fingerprint density at radius 1 is 0.724 bits per heavy atom. The van der Waals surface area contributed by atoms with Crippen LogP contribution in [0.25, 0.3) is 11.1 Å². The van der Waals surface area contributed by atoms with Crippen molar-refractivity contribution in [1.29, 1.82) is 0 Å². The molecule has 0 bridgehead atoms. The van der Waals surface area contributed by atoms with Gasteiger partial charge in [0.2, 0.25) is 5.96 Å². The van der Waals surface area contributed by atoms with E-state index in [9.17, 15) is 14.7 Å². The summed E-state index contributed by atoms with van der Waals surface area (Å²) >= 11 is 0. The third kappa shape index (κ3) is 10.9. The van der Waals surface area contributed by atoms with E-state index in [1.807, 2.05) is 72.8 Å². The minimum Gasteiger partial charge on any atom is -0.508 e. The zero-order chi connectivity index (χ0) is 40.0. The van der Waals surface area contributed by atoms with Gasteiger partial charge in [0.05, 0.1) is 33.0 Å². The number of amidine groups is 1. The Morgan fingerprint density at radius 3 is 2.07 bits per heavy atom.